The summed E-state index contributed by atoms with van der Waals surface area (Å²) in [6, 6.07) is 17.4. The number of carbonyl (C=O) groups excluding carboxylic acids is 2. The highest BCUT2D eigenvalue weighted by molar-refractivity contribution is 6.00. The van der Waals surface area contributed by atoms with Gasteiger partial charge < -0.3 is 14.1 Å². The van der Waals surface area contributed by atoms with E-state index < -0.39 is 0 Å². The molecule has 2 saturated heterocycles. The van der Waals surface area contributed by atoms with E-state index in [1.165, 1.54) is 0 Å². The second-order valence-corrected chi connectivity index (χ2v) is 8.04. The van der Waals surface area contributed by atoms with Crippen molar-refractivity contribution in [1.29, 1.82) is 0 Å². The van der Waals surface area contributed by atoms with Gasteiger partial charge in [-0.3, -0.25) is 4.79 Å². The van der Waals surface area contributed by atoms with Crippen LogP contribution in [0.1, 0.15) is 41.6 Å². The summed E-state index contributed by atoms with van der Waals surface area (Å²) in [6.07, 6.45) is 4.68. The van der Waals surface area contributed by atoms with E-state index in [4.69, 9.17) is 9.15 Å². The van der Waals surface area contributed by atoms with E-state index in [9.17, 15) is 9.59 Å². The lowest BCUT2D eigenvalue weighted by Gasteiger charge is -2.37. The Morgan fingerprint density at radius 1 is 1.00 bits per heavy atom. The molecule has 0 spiro atoms. The molecule has 0 saturated carbocycles. The standard InChI is InChI=1S/C24H23NO4/c26-23(18-6-9-22-17(12-18)10-11-28-22)19-13-20-7-8-21(14-19)25(20)24(27)29-15-16-4-2-1-3-5-16/h1-6,9-12,19-21H,7-8,13-15H2. The van der Waals surface area contributed by atoms with E-state index in [1.54, 1.807) is 6.26 Å². The van der Waals surface area contributed by atoms with Crippen LogP contribution in [-0.2, 0) is 11.3 Å². The van der Waals surface area contributed by atoms with Crippen LogP contribution in [0.2, 0.25) is 0 Å². The van der Waals surface area contributed by atoms with Crippen LogP contribution in [0, 0.1) is 5.92 Å². The maximum atomic E-state index is 13.1. The van der Waals surface area contributed by atoms with Crippen molar-refractivity contribution in [3.05, 3.63) is 72.0 Å². The molecule has 0 aliphatic carbocycles. The van der Waals surface area contributed by atoms with E-state index >= 15 is 0 Å². The number of benzene rings is 2. The fraction of sp³-hybridized carbons (Fsp3) is 0.333. The van der Waals surface area contributed by atoms with E-state index in [-0.39, 0.29) is 36.5 Å². The lowest BCUT2D eigenvalue weighted by Crippen LogP contribution is -2.48. The Balaban J connectivity index is 1.25. The largest absolute Gasteiger partial charge is 0.464 e. The quantitative estimate of drug-likeness (QED) is 0.576. The van der Waals surface area contributed by atoms with Gasteiger partial charge >= 0.3 is 6.09 Å². The highest BCUT2D eigenvalue weighted by Crippen LogP contribution is 2.40. The van der Waals surface area contributed by atoms with E-state index in [0.717, 1.165) is 34.9 Å². The molecule has 5 nitrogen and oxygen atoms in total. The van der Waals surface area contributed by atoms with E-state index in [2.05, 4.69) is 0 Å². The molecule has 5 rings (SSSR count). The van der Waals surface area contributed by atoms with Crippen LogP contribution in [0.15, 0.2) is 65.3 Å². The summed E-state index contributed by atoms with van der Waals surface area (Å²) in [7, 11) is 0. The zero-order valence-electron chi connectivity index (χ0n) is 16.1. The van der Waals surface area contributed by atoms with Crippen LogP contribution in [0.25, 0.3) is 11.0 Å². The third kappa shape index (κ3) is 3.41. The third-order valence-electron chi connectivity index (χ3n) is 6.26. The number of fused-ring (bicyclic) bond motifs is 3. The third-order valence-corrected chi connectivity index (χ3v) is 6.26. The predicted molar refractivity (Wildman–Crippen MR) is 109 cm³/mol. The fourth-order valence-corrected chi connectivity index (χ4v) is 4.84. The Morgan fingerprint density at radius 3 is 2.52 bits per heavy atom. The molecule has 2 atom stereocenters. The van der Waals surface area contributed by atoms with Gasteiger partial charge in [-0.1, -0.05) is 30.3 Å². The highest BCUT2D eigenvalue weighted by atomic mass is 16.6. The Kier molecular flexibility index (Phi) is 4.58. The topological polar surface area (TPSA) is 59.8 Å². The number of furan rings is 1. The van der Waals surface area contributed by atoms with Crippen LogP contribution in [-0.4, -0.2) is 28.9 Å². The van der Waals surface area contributed by atoms with Crippen LogP contribution in [0.5, 0.6) is 0 Å². The van der Waals surface area contributed by atoms with Gasteiger partial charge in [-0.05, 0) is 55.5 Å². The maximum absolute atomic E-state index is 13.1. The first kappa shape index (κ1) is 18.0. The fourth-order valence-electron chi connectivity index (χ4n) is 4.84. The summed E-state index contributed by atoms with van der Waals surface area (Å²) in [4.78, 5) is 27.7. The van der Waals surface area contributed by atoms with Crippen LogP contribution in [0.3, 0.4) is 0 Å². The van der Waals surface area contributed by atoms with Crippen molar-refractivity contribution in [2.75, 3.05) is 0 Å². The molecule has 29 heavy (non-hydrogen) atoms. The van der Waals surface area contributed by atoms with E-state index in [1.807, 2.05) is 59.5 Å². The minimum absolute atomic E-state index is 0.0463. The minimum atomic E-state index is -0.257. The zero-order valence-corrected chi connectivity index (χ0v) is 16.1. The molecule has 0 N–H and O–H groups in total. The number of Topliss-reactive ketones (excluding diaryl/α,β-unsaturated/α-hetero) is 1. The second kappa shape index (κ2) is 7.39. The number of ether oxygens (including phenoxy) is 1. The van der Waals surface area contributed by atoms with Crippen molar-refractivity contribution < 1.29 is 18.7 Å². The number of nitrogens with zero attached hydrogens (tertiary/aromatic N) is 1. The number of carbonyl (C=O) groups is 2. The lowest BCUT2D eigenvalue weighted by atomic mass is 9.84. The molecule has 148 valence electrons. The van der Waals surface area contributed by atoms with Crippen molar-refractivity contribution in [2.45, 2.75) is 44.4 Å². The van der Waals surface area contributed by atoms with Crippen LogP contribution in [0.4, 0.5) is 4.79 Å². The van der Waals surface area contributed by atoms with Gasteiger partial charge in [0, 0.05) is 29.0 Å². The monoisotopic (exact) mass is 389 g/mol. The molecule has 2 aliphatic heterocycles. The molecule has 2 aromatic carbocycles. The van der Waals surface area contributed by atoms with Crippen LogP contribution < -0.4 is 0 Å². The first-order valence-electron chi connectivity index (χ1n) is 10.2. The summed E-state index contributed by atoms with van der Waals surface area (Å²) in [5.74, 6) is 0.123. The lowest BCUT2D eigenvalue weighted by molar-refractivity contribution is 0.0485. The molecule has 2 unspecified atom stereocenters. The van der Waals surface area contributed by atoms with Gasteiger partial charge in [-0.25, -0.2) is 4.79 Å². The molecule has 2 fully saturated rings. The van der Waals surface area contributed by atoms with Crippen LogP contribution >= 0.6 is 0 Å². The van der Waals surface area contributed by atoms with Gasteiger partial charge in [0.1, 0.15) is 12.2 Å². The van der Waals surface area contributed by atoms with Gasteiger partial charge in [0.15, 0.2) is 5.78 Å². The molecule has 2 aliphatic rings. The number of amides is 1. The summed E-state index contributed by atoms with van der Waals surface area (Å²) in [5, 5.41) is 0.945. The number of hydrogen-bond acceptors (Lipinski definition) is 4. The second-order valence-electron chi connectivity index (χ2n) is 8.04. The van der Waals surface area contributed by atoms with Gasteiger partial charge in [0.25, 0.3) is 0 Å². The molecule has 5 heteroatoms. The number of rotatable bonds is 4. The van der Waals surface area contributed by atoms with Crippen molar-refractivity contribution >= 4 is 22.8 Å². The van der Waals surface area contributed by atoms with Crippen molar-refractivity contribution in [1.82, 2.24) is 4.90 Å². The van der Waals surface area contributed by atoms with Gasteiger partial charge in [-0.15, -0.1) is 0 Å². The molecular weight excluding hydrogens is 366 g/mol. The average Bonchev–Trinajstić information content (AvgIpc) is 3.33. The number of ketones is 1. The molecule has 1 aromatic heterocycles. The summed E-state index contributed by atoms with van der Waals surface area (Å²) in [5.41, 5.74) is 2.49. The SMILES string of the molecule is O=C(c1ccc2occc2c1)C1CC2CCC(C1)N2C(=O)OCc1ccccc1. The molecule has 3 aromatic rings. The summed E-state index contributed by atoms with van der Waals surface area (Å²) < 4.78 is 10.9. The Morgan fingerprint density at radius 2 is 1.76 bits per heavy atom. The zero-order chi connectivity index (χ0) is 19.8. The van der Waals surface area contributed by atoms with Crippen molar-refractivity contribution in [2.24, 2.45) is 5.92 Å². The van der Waals surface area contributed by atoms with Gasteiger partial charge in [-0.2, -0.15) is 0 Å². The number of hydrogen-bond donors (Lipinski definition) is 0. The summed E-state index contributed by atoms with van der Waals surface area (Å²) in [6.45, 7) is 0.280. The highest BCUT2D eigenvalue weighted by Gasteiger charge is 2.45. The first-order chi connectivity index (χ1) is 14.2. The Labute approximate surface area is 169 Å². The normalized spacial score (nSPS) is 23.3. The van der Waals surface area contributed by atoms with Crippen molar-refractivity contribution in [3.63, 3.8) is 0 Å². The Bertz CT molecular complexity index is 1030. The molecular formula is C24H23NO4. The number of piperidine rings is 1. The summed E-state index contributed by atoms with van der Waals surface area (Å²) >= 11 is 0. The molecule has 3 heterocycles. The molecule has 0 radical (unpaired) electrons. The van der Waals surface area contributed by atoms with E-state index in [0.29, 0.717) is 12.8 Å². The minimum Gasteiger partial charge on any atom is -0.464 e. The average molecular weight is 389 g/mol. The van der Waals surface area contributed by atoms with Crippen molar-refractivity contribution in [3.8, 4) is 0 Å². The van der Waals surface area contributed by atoms with Gasteiger partial charge in [0.2, 0.25) is 0 Å². The maximum Gasteiger partial charge on any atom is 0.410 e. The Hall–Kier alpha value is -3.08. The smallest absolute Gasteiger partial charge is 0.410 e. The molecule has 2 bridgehead atoms. The predicted octanol–water partition coefficient (Wildman–Crippen LogP) is 5.20. The molecule has 1 amide bonds. The van der Waals surface area contributed by atoms with Gasteiger partial charge in [0.05, 0.1) is 6.26 Å². The first-order valence-corrected chi connectivity index (χ1v) is 10.2.